The first-order chi connectivity index (χ1) is 13.5. The summed E-state index contributed by atoms with van der Waals surface area (Å²) in [4.78, 5) is 13.1. The number of carbonyl (C=O) groups excluding carboxylic acids is 1. The average molecular weight is 397 g/mol. The number of rotatable bonds is 4. The number of aromatic nitrogens is 3. The first kappa shape index (κ1) is 18.5. The fraction of sp³-hybridized carbons (Fsp3) is 0.250. The van der Waals surface area contributed by atoms with E-state index in [0.717, 1.165) is 22.6 Å². The lowest BCUT2D eigenvalue weighted by molar-refractivity contribution is -0.116. The summed E-state index contributed by atoms with van der Waals surface area (Å²) in [6, 6.07) is 13.5. The number of carbonyl (C=O) groups is 1. The Morgan fingerprint density at radius 1 is 1.18 bits per heavy atom. The van der Waals surface area contributed by atoms with Crippen LogP contribution in [0.4, 0.5) is 10.1 Å². The molecule has 2 atom stereocenters. The summed E-state index contributed by atoms with van der Waals surface area (Å²) in [6.07, 6.45) is 0.705. The van der Waals surface area contributed by atoms with Crippen molar-refractivity contribution in [3.05, 3.63) is 71.3 Å². The number of anilines is 1. The topological polar surface area (TPSA) is 71.8 Å². The van der Waals surface area contributed by atoms with Crippen LogP contribution in [0.3, 0.4) is 0 Å². The van der Waals surface area contributed by atoms with Crippen molar-refractivity contribution in [3.8, 4) is 0 Å². The normalized spacial score (nSPS) is 18.2. The van der Waals surface area contributed by atoms with E-state index >= 15 is 0 Å². The van der Waals surface area contributed by atoms with Crippen LogP contribution in [0.1, 0.15) is 29.9 Å². The number of nitrogens with zero attached hydrogens (tertiary/aromatic N) is 3. The molecule has 6 nitrogen and oxygen atoms in total. The van der Waals surface area contributed by atoms with Crippen molar-refractivity contribution in [1.82, 2.24) is 14.9 Å². The van der Waals surface area contributed by atoms with Crippen molar-refractivity contribution in [2.24, 2.45) is 0 Å². The van der Waals surface area contributed by atoms with E-state index in [4.69, 9.17) is 0 Å². The van der Waals surface area contributed by atoms with Gasteiger partial charge in [-0.1, -0.05) is 48.5 Å². The molecule has 2 heterocycles. The number of hydrogen-bond acceptors (Lipinski definition) is 5. The monoisotopic (exact) mass is 397 g/mol. The maximum absolute atomic E-state index is 13.4. The molecule has 2 N–H and O–H groups in total. The average Bonchev–Trinajstić information content (AvgIpc) is 3.11. The second-order valence-corrected chi connectivity index (χ2v) is 7.75. The molecule has 144 valence electrons. The van der Waals surface area contributed by atoms with Gasteiger partial charge in [0, 0.05) is 12.1 Å². The van der Waals surface area contributed by atoms with Gasteiger partial charge in [-0.05, 0) is 36.8 Å². The Balaban J connectivity index is 1.66. The van der Waals surface area contributed by atoms with Crippen LogP contribution in [0.2, 0.25) is 0 Å². The van der Waals surface area contributed by atoms with Gasteiger partial charge in [0.25, 0.3) is 0 Å². The summed E-state index contributed by atoms with van der Waals surface area (Å²) in [5.74, 6) is 0.321. The number of nitrogens with one attached hydrogen (secondary N) is 2. The van der Waals surface area contributed by atoms with Crippen LogP contribution in [0.5, 0.6) is 0 Å². The predicted octanol–water partition coefficient (Wildman–Crippen LogP) is 3.69. The number of thioether (sulfide) groups is 1. The Labute approximate surface area is 166 Å². The molecule has 0 radical (unpaired) electrons. The fourth-order valence-electron chi connectivity index (χ4n) is 3.10. The second kappa shape index (κ2) is 7.63. The maximum Gasteiger partial charge on any atom is 0.240 e. The van der Waals surface area contributed by atoms with E-state index in [0.29, 0.717) is 11.6 Å². The molecule has 0 bridgehead atoms. The number of aryl methyl sites for hydroxylation is 2. The summed E-state index contributed by atoms with van der Waals surface area (Å²) >= 11 is 1.35. The van der Waals surface area contributed by atoms with Crippen LogP contribution >= 0.6 is 11.8 Å². The zero-order valence-electron chi connectivity index (χ0n) is 15.5. The molecule has 0 aliphatic carbocycles. The fourth-order valence-corrected chi connectivity index (χ4v) is 4.20. The molecule has 0 spiro atoms. The smallest absolute Gasteiger partial charge is 0.240 e. The largest absolute Gasteiger partial charge is 0.325 e. The van der Waals surface area contributed by atoms with E-state index in [2.05, 4.69) is 20.9 Å². The molecule has 1 amide bonds. The molecule has 28 heavy (non-hydrogen) atoms. The molecule has 1 aliphatic rings. The quantitative estimate of drug-likeness (QED) is 0.703. The summed E-state index contributed by atoms with van der Waals surface area (Å²) < 4.78 is 15.2. The summed E-state index contributed by atoms with van der Waals surface area (Å²) in [5, 5.41) is 11.5. The third-order valence-electron chi connectivity index (χ3n) is 4.63. The summed E-state index contributed by atoms with van der Waals surface area (Å²) in [5.41, 5.74) is 6.02. The van der Waals surface area contributed by atoms with E-state index in [9.17, 15) is 9.18 Å². The van der Waals surface area contributed by atoms with Crippen molar-refractivity contribution in [2.75, 3.05) is 10.7 Å². The molecule has 8 heteroatoms. The molecule has 0 fully saturated rings. The molecular weight excluding hydrogens is 377 g/mol. The number of hydrogen-bond donors (Lipinski definition) is 2. The zero-order valence-corrected chi connectivity index (χ0v) is 16.3. The molecule has 0 saturated carbocycles. The minimum atomic E-state index is -0.492. The predicted molar refractivity (Wildman–Crippen MR) is 107 cm³/mol. The molecule has 3 aromatic rings. The third-order valence-corrected chi connectivity index (χ3v) is 5.84. The van der Waals surface area contributed by atoms with Gasteiger partial charge in [-0.15, -0.1) is 10.2 Å². The minimum Gasteiger partial charge on any atom is -0.325 e. The first-order valence-corrected chi connectivity index (χ1v) is 9.93. The Hall–Kier alpha value is -2.87. The Kier molecular flexibility index (Phi) is 5.04. The van der Waals surface area contributed by atoms with E-state index in [1.165, 1.54) is 23.9 Å². The highest BCUT2D eigenvalue weighted by Gasteiger charge is 2.37. The number of halogens is 1. The van der Waals surface area contributed by atoms with Crippen LogP contribution in [0.15, 0.2) is 53.7 Å². The molecule has 2 aromatic carbocycles. The van der Waals surface area contributed by atoms with Gasteiger partial charge in [0.05, 0.1) is 6.04 Å². The lowest BCUT2D eigenvalue weighted by Gasteiger charge is -2.33. The van der Waals surface area contributed by atoms with Gasteiger partial charge in [0.15, 0.2) is 5.82 Å². The van der Waals surface area contributed by atoms with Gasteiger partial charge in [-0.25, -0.2) is 9.07 Å². The lowest BCUT2D eigenvalue weighted by atomic mass is 10.0. The van der Waals surface area contributed by atoms with Gasteiger partial charge in [-0.2, -0.15) is 0 Å². The molecule has 0 unspecified atom stereocenters. The number of benzene rings is 2. The molecule has 4 rings (SSSR count). The summed E-state index contributed by atoms with van der Waals surface area (Å²) in [6.45, 7) is 3.99. The Morgan fingerprint density at radius 2 is 1.89 bits per heavy atom. The van der Waals surface area contributed by atoms with E-state index < -0.39 is 5.25 Å². The molecule has 0 saturated heterocycles. The minimum absolute atomic E-state index is 0.150. The van der Waals surface area contributed by atoms with Gasteiger partial charge in [-0.3, -0.25) is 4.79 Å². The Morgan fingerprint density at radius 3 is 2.57 bits per heavy atom. The van der Waals surface area contributed by atoms with E-state index in [1.807, 2.05) is 42.8 Å². The van der Waals surface area contributed by atoms with Gasteiger partial charge < -0.3 is 10.7 Å². The van der Waals surface area contributed by atoms with Crippen molar-refractivity contribution in [1.29, 1.82) is 0 Å². The highest BCUT2D eigenvalue weighted by molar-refractivity contribution is 8.00. The van der Waals surface area contributed by atoms with E-state index in [-0.39, 0.29) is 17.8 Å². The van der Waals surface area contributed by atoms with Gasteiger partial charge >= 0.3 is 0 Å². The maximum atomic E-state index is 13.4. The van der Waals surface area contributed by atoms with Crippen LogP contribution in [0.25, 0.3) is 0 Å². The standard InChI is InChI=1S/C20H20FN5OS/c1-3-16-23-24-20-26(16)25-17(13-6-8-14(21)9-7-13)18(28-20)19(27)22-15-10-4-12(2)5-11-15/h4-11,17-18,25H,3H2,1-2H3,(H,22,27)/t17-,18+/m0/s1. The zero-order chi connectivity index (χ0) is 19.7. The van der Waals surface area contributed by atoms with E-state index in [1.54, 1.807) is 12.1 Å². The van der Waals surface area contributed by atoms with Crippen molar-refractivity contribution < 1.29 is 9.18 Å². The lowest BCUT2D eigenvalue weighted by Crippen LogP contribution is -2.41. The third kappa shape index (κ3) is 3.60. The van der Waals surface area contributed by atoms with Crippen molar-refractivity contribution in [3.63, 3.8) is 0 Å². The van der Waals surface area contributed by atoms with Crippen LogP contribution in [0, 0.1) is 12.7 Å². The first-order valence-electron chi connectivity index (χ1n) is 9.05. The molecular formula is C20H20FN5OS. The number of amides is 1. The molecule has 1 aliphatic heterocycles. The van der Waals surface area contributed by atoms with Crippen LogP contribution in [-0.2, 0) is 11.2 Å². The molecule has 1 aromatic heterocycles. The highest BCUT2D eigenvalue weighted by atomic mass is 32.2. The van der Waals surface area contributed by atoms with Crippen molar-refractivity contribution >= 4 is 23.4 Å². The second-order valence-electron chi connectivity index (χ2n) is 6.64. The van der Waals surface area contributed by atoms with Crippen LogP contribution in [-0.4, -0.2) is 26.0 Å². The van der Waals surface area contributed by atoms with Gasteiger partial charge in [0.2, 0.25) is 11.1 Å². The van der Waals surface area contributed by atoms with Crippen molar-refractivity contribution in [2.45, 2.75) is 36.7 Å². The van der Waals surface area contributed by atoms with Gasteiger partial charge in [0.1, 0.15) is 11.1 Å². The Bertz CT molecular complexity index is 987. The number of fused-ring (bicyclic) bond motifs is 1. The van der Waals surface area contributed by atoms with Crippen LogP contribution < -0.4 is 10.7 Å². The highest BCUT2D eigenvalue weighted by Crippen LogP contribution is 2.37. The summed E-state index contributed by atoms with van der Waals surface area (Å²) in [7, 11) is 0. The SMILES string of the molecule is CCc1nnc2n1N[C@@H](c1ccc(F)cc1)[C@H](C(=O)Nc1ccc(C)cc1)S2.